The Balaban J connectivity index is 1.54. The van der Waals surface area contributed by atoms with E-state index in [1.807, 2.05) is 23.1 Å². The smallest absolute Gasteiger partial charge is 0.191 e. The maximum Gasteiger partial charge on any atom is 0.191 e. The Labute approximate surface area is 185 Å². The molecule has 3 heterocycles. The van der Waals surface area contributed by atoms with Crippen molar-refractivity contribution in [3.05, 3.63) is 39.3 Å². The number of aryl methyl sites for hydroxylation is 2. The lowest BCUT2D eigenvalue weighted by Crippen LogP contribution is -2.44. The maximum atomic E-state index is 4.95. The zero-order valence-electron chi connectivity index (χ0n) is 19.2. The summed E-state index contributed by atoms with van der Waals surface area (Å²) in [6, 6.07) is 4.69. The Morgan fingerprint density at radius 1 is 1.40 bits per heavy atom. The molecule has 0 radical (unpaired) electrons. The maximum absolute atomic E-state index is 4.95. The molecule has 0 aliphatic carbocycles. The number of thiophene rings is 1. The minimum atomic E-state index is 0.297. The van der Waals surface area contributed by atoms with Gasteiger partial charge in [-0.15, -0.1) is 11.3 Å². The number of nitrogens with one attached hydrogen (secondary N) is 2. The van der Waals surface area contributed by atoms with Crippen molar-refractivity contribution in [1.82, 2.24) is 25.3 Å². The Kier molecular flexibility index (Phi) is 8.33. The molecule has 166 valence electrons. The minimum Gasteiger partial charge on any atom is -0.357 e. The Morgan fingerprint density at radius 2 is 2.23 bits per heavy atom. The van der Waals surface area contributed by atoms with Gasteiger partial charge in [-0.25, -0.2) is 0 Å². The lowest BCUT2D eigenvalue weighted by Gasteiger charge is -2.31. The summed E-state index contributed by atoms with van der Waals surface area (Å²) in [5.74, 6) is 1.56. The summed E-state index contributed by atoms with van der Waals surface area (Å²) in [6.07, 6.45) is 3.49. The van der Waals surface area contributed by atoms with Crippen LogP contribution >= 0.6 is 11.3 Å². The number of hydrogen-bond acceptors (Lipinski definition) is 4. The molecule has 2 unspecified atom stereocenters. The second-order valence-electron chi connectivity index (χ2n) is 8.56. The van der Waals surface area contributed by atoms with Crippen LogP contribution in [0.5, 0.6) is 0 Å². The van der Waals surface area contributed by atoms with Crippen molar-refractivity contribution in [1.29, 1.82) is 0 Å². The Hall–Kier alpha value is -1.86. The van der Waals surface area contributed by atoms with Gasteiger partial charge in [0.1, 0.15) is 0 Å². The highest BCUT2D eigenvalue weighted by molar-refractivity contribution is 7.09. The van der Waals surface area contributed by atoms with Crippen LogP contribution in [-0.4, -0.2) is 52.9 Å². The molecule has 0 amide bonds. The summed E-state index contributed by atoms with van der Waals surface area (Å²) in [5, 5.41) is 13.8. The molecule has 1 aliphatic rings. The molecule has 7 heteroatoms. The number of aliphatic imine (C=N–C) groups is 1. The van der Waals surface area contributed by atoms with Crippen molar-refractivity contribution in [3.63, 3.8) is 0 Å². The van der Waals surface area contributed by atoms with Gasteiger partial charge in [-0.3, -0.25) is 14.6 Å². The van der Waals surface area contributed by atoms with Crippen molar-refractivity contribution in [2.45, 2.75) is 59.5 Å². The third-order valence-corrected chi connectivity index (χ3v) is 6.83. The van der Waals surface area contributed by atoms with E-state index >= 15 is 0 Å². The molecule has 0 spiro atoms. The summed E-state index contributed by atoms with van der Waals surface area (Å²) in [5.41, 5.74) is 3.71. The third-order valence-electron chi connectivity index (χ3n) is 5.97. The van der Waals surface area contributed by atoms with Gasteiger partial charge in [-0.05, 0) is 76.4 Å². The predicted molar refractivity (Wildman–Crippen MR) is 127 cm³/mol. The largest absolute Gasteiger partial charge is 0.357 e. The van der Waals surface area contributed by atoms with E-state index in [4.69, 9.17) is 4.99 Å². The van der Waals surface area contributed by atoms with E-state index in [9.17, 15) is 0 Å². The first-order valence-corrected chi connectivity index (χ1v) is 12.1. The molecule has 2 atom stereocenters. The number of likely N-dealkylation sites (tertiary alicyclic amines) is 1. The summed E-state index contributed by atoms with van der Waals surface area (Å²) in [6.45, 7) is 13.8. The predicted octanol–water partition coefficient (Wildman–Crippen LogP) is 3.50. The highest BCUT2D eigenvalue weighted by Crippen LogP contribution is 2.20. The molecule has 0 bridgehead atoms. The fraction of sp³-hybridized carbons (Fsp3) is 0.652. The van der Waals surface area contributed by atoms with Gasteiger partial charge in [0, 0.05) is 49.8 Å². The lowest BCUT2D eigenvalue weighted by atomic mass is 9.98. The number of aromatic nitrogens is 2. The molecule has 2 aromatic heterocycles. The summed E-state index contributed by atoms with van der Waals surface area (Å²) < 4.78 is 1.97. The minimum absolute atomic E-state index is 0.297. The van der Waals surface area contributed by atoms with Gasteiger partial charge in [0.15, 0.2) is 5.96 Å². The molecule has 1 saturated heterocycles. The van der Waals surface area contributed by atoms with Crippen molar-refractivity contribution in [3.8, 4) is 0 Å². The van der Waals surface area contributed by atoms with Crippen LogP contribution < -0.4 is 10.6 Å². The average molecular weight is 431 g/mol. The van der Waals surface area contributed by atoms with Crippen LogP contribution in [-0.2, 0) is 20.0 Å². The lowest BCUT2D eigenvalue weighted by molar-refractivity contribution is 0.172. The number of rotatable bonds is 8. The number of hydrogen-bond donors (Lipinski definition) is 2. The molecular weight excluding hydrogens is 392 g/mol. The molecule has 30 heavy (non-hydrogen) atoms. The van der Waals surface area contributed by atoms with E-state index in [0.717, 1.165) is 44.3 Å². The zero-order chi connectivity index (χ0) is 21.5. The van der Waals surface area contributed by atoms with Gasteiger partial charge < -0.3 is 10.6 Å². The molecule has 2 N–H and O–H groups in total. The SMILES string of the molecule is CCNC(=NCC1CCCN(Cc2cccs2)C1)NC(C)Cc1c(C)nn(C)c1C. The van der Waals surface area contributed by atoms with Gasteiger partial charge in [-0.1, -0.05) is 6.07 Å². The second-order valence-corrected chi connectivity index (χ2v) is 9.60. The standard InChI is InChI=1S/C23H38N6S/c1-6-24-23(26-17(2)13-22-18(3)27-28(5)19(22)4)25-14-20-9-7-11-29(15-20)16-21-10-8-12-30-21/h8,10,12,17,20H,6-7,9,11,13-16H2,1-5H3,(H2,24,25,26). The fourth-order valence-electron chi connectivity index (χ4n) is 4.31. The second kappa shape index (κ2) is 11.0. The summed E-state index contributed by atoms with van der Waals surface area (Å²) in [7, 11) is 2.02. The van der Waals surface area contributed by atoms with Crippen molar-refractivity contribution in [2.24, 2.45) is 18.0 Å². The summed E-state index contributed by atoms with van der Waals surface area (Å²) in [4.78, 5) is 9.00. The van der Waals surface area contributed by atoms with Crippen molar-refractivity contribution >= 4 is 17.3 Å². The first kappa shape index (κ1) is 22.8. The molecule has 0 aromatic carbocycles. The molecule has 1 fully saturated rings. The Morgan fingerprint density at radius 3 is 2.90 bits per heavy atom. The van der Waals surface area contributed by atoms with Crippen LogP contribution in [0.3, 0.4) is 0 Å². The highest BCUT2D eigenvalue weighted by Gasteiger charge is 2.20. The topological polar surface area (TPSA) is 57.5 Å². The van der Waals surface area contributed by atoms with E-state index in [-0.39, 0.29) is 0 Å². The molecule has 3 rings (SSSR count). The molecule has 1 aliphatic heterocycles. The van der Waals surface area contributed by atoms with Crippen molar-refractivity contribution < 1.29 is 0 Å². The Bertz CT molecular complexity index is 810. The van der Waals surface area contributed by atoms with Gasteiger partial charge in [0.2, 0.25) is 0 Å². The van der Waals surface area contributed by atoms with Crippen LogP contribution in [0, 0.1) is 19.8 Å². The monoisotopic (exact) mass is 430 g/mol. The number of nitrogens with zero attached hydrogens (tertiary/aromatic N) is 4. The van der Waals surface area contributed by atoms with E-state index in [0.29, 0.717) is 12.0 Å². The van der Waals surface area contributed by atoms with E-state index < -0.39 is 0 Å². The average Bonchev–Trinajstić information content (AvgIpc) is 3.30. The van der Waals surface area contributed by atoms with Crippen LogP contribution in [0.15, 0.2) is 22.5 Å². The normalized spacial score (nSPS) is 19.1. The summed E-state index contributed by atoms with van der Waals surface area (Å²) >= 11 is 1.86. The van der Waals surface area contributed by atoms with Gasteiger partial charge >= 0.3 is 0 Å². The first-order valence-electron chi connectivity index (χ1n) is 11.2. The molecule has 6 nitrogen and oxygen atoms in total. The van der Waals surface area contributed by atoms with Crippen LogP contribution in [0.25, 0.3) is 0 Å². The number of guanidine groups is 1. The molecule has 0 saturated carbocycles. The zero-order valence-corrected chi connectivity index (χ0v) is 20.1. The number of piperidine rings is 1. The van der Waals surface area contributed by atoms with E-state index in [1.54, 1.807) is 0 Å². The van der Waals surface area contributed by atoms with Crippen molar-refractivity contribution in [2.75, 3.05) is 26.2 Å². The van der Waals surface area contributed by atoms with E-state index in [1.165, 1.54) is 35.5 Å². The molecular formula is C23H38N6S. The van der Waals surface area contributed by atoms with Gasteiger partial charge in [0.25, 0.3) is 0 Å². The molecule has 2 aromatic rings. The van der Waals surface area contributed by atoms with Crippen LogP contribution in [0.1, 0.15) is 48.5 Å². The fourth-order valence-corrected chi connectivity index (χ4v) is 5.06. The quantitative estimate of drug-likeness (QED) is 0.497. The van der Waals surface area contributed by atoms with Crippen LogP contribution in [0.4, 0.5) is 0 Å². The van der Waals surface area contributed by atoms with Gasteiger partial charge in [-0.2, -0.15) is 5.10 Å². The highest BCUT2D eigenvalue weighted by atomic mass is 32.1. The third kappa shape index (κ3) is 6.32. The van der Waals surface area contributed by atoms with E-state index in [2.05, 4.69) is 65.8 Å². The van der Waals surface area contributed by atoms with Gasteiger partial charge in [0.05, 0.1) is 5.69 Å². The first-order chi connectivity index (χ1) is 14.5. The van der Waals surface area contributed by atoms with Crippen LogP contribution in [0.2, 0.25) is 0 Å².